The highest BCUT2D eigenvalue weighted by Gasteiger charge is 2.43. The van der Waals surface area contributed by atoms with Crippen molar-refractivity contribution in [1.82, 2.24) is 4.90 Å². The van der Waals surface area contributed by atoms with E-state index in [4.69, 9.17) is 9.47 Å². The first kappa shape index (κ1) is 24.3. The fourth-order valence-electron chi connectivity index (χ4n) is 3.94. The molecule has 6 heteroatoms. The van der Waals surface area contributed by atoms with Crippen LogP contribution in [0.15, 0.2) is 65.6 Å². The Hall–Kier alpha value is -2.31. The van der Waals surface area contributed by atoms with E-state index in [1.807, 2.05) is 69.3 Å². The van der Waals surface area contributed by atoms with Crippen LogP contribution in [0.25, 0.3) is 0 Å². The first-order valence-corrected chi connectivity index (χ1v) is 12.2. The molecule has 172 valence electrons. The molecule has 0 aromatic heterocycles. The number of amides is 2. The number of nitrogens with zero attached hydrogens (tertiary/aromatic N) is 1. The van der Waals surface area contributed by atoms with Gasteiger partial charge in [0.05, 0.1) is 18.6 Å². The van der Waals surface area contributed by atoms with Crippen LogP contribution in [0.1, 0.15) is 39.2 Å². The molecule has 0 unspecified atom stereocenters. The van der Waals surface area contributed by atoms with Crippen LogP contribution in [0.5, 0.6) is 0 Å². The van der Waals surface area contributed by atoms with Crippen LogP contribution in [0.3, 0.4) is 0 Å². The van der Waals surface area contributed by atoms with E-state index in [-0.39, 0.29) is 35.6 Å². The number of rotatable bonds is 11. The molecule has 2 aromatic rings. The molecule has 0 saturated carbocycles. The smallest absolute Gasteiger partial charge is 0.416 e. The predicted molar refractivity (Wildman–Crippen MR) is 127 cm³/mol. The van der Waals surface area contributed by atoms with Crippen LogP contribution in [0.4, 0.5) is 4.79 Å². The van der Waals surface area contributed by atoms with Crippen molar-refractivity contribution in [2.24, 2.45) is 11.8 Å². The first-order chi connectivity index (χ1) is 15.5. The molecule has 2 aromatic carbocycles. The van der Waals surface area contributed by atoms with Gasteiger partial charge in [-0.25, -0.2) is 9.69 Å². The highest BCUT2D eigenvalue weighted by molar-refractivity contribution is 8.00. The number of hydrogen-bond acceptors (Lipinski definition) is 5. The predicted octanol–water partition coefficient (Wildman–Crippen LogP) is 5.78. The Bertz CT molecular complexity index is 859. The van der Waals surface area contributed by atoms with Crippen LogP contribution < -0.4 is 0 Å². The van der Waals surface area contributed by atoms with Gasteiger partial charge in [-0.05, 0) is 36.5 Å². The fourth-order valence-corrected chi connectivity index (χ4v) is 5.29. The minimum absolute atomic E-state index is 0.00751. The summed E-state index contributed by atoms with van der Waals surface area (Å²) in [5.74, 6) is -0.282. The third-order valence-electron chi connectivity index (χ3n) is 5.81. The normalized spacial score (nSPS) is 17.9. The van der Waals surface area contributed by atoms with Crippen LogP contribution in [-0.4, -0.2) is 41.4 Å². The third-order valence-corrected chi connectivity index (χ3v) is 7.22. The molecule has 1 aliphatic rings. The number of benzene rings is 2. The molecule has 0 N–H and O–H groups in total. The van der Waals surface area contributed by atoms with Gasteiger partial charge in [-0.3, -0.25) is 4.79 Å². The molecular weight excluding hydrogens is 422 g/mol. The number of thioether (sulfide) groups is 1. The number of hydrogen-bond donors (Lipinski definition) is 0. The Morgan fingerprint density at radius 3 is 2.41 bits per heavy atom. The number of carbonyl (C=O) groups excluding carboxylic acids is 2. The van der Waals surface area contributed by atoms with Gasteiger partial charge in [0.2, 0.25) is 5.91 Å². The Morgan fingerprint density at radius 1 is 1.12 bits per heavy atom. The van der Waals surface area contributed by atoms with E-state index in [0.29, 0.717) is 26.1 Å². The van der Waals surface area contributed by atoms with Crippen molar-refractivity contribution in [1.29, 1.82) is 0 Å². The average Bonchev–Trinajstić information content (AvgIpc) is 3.20. The number of imide groups is 1. The molecular formula is C26H33NO4S. The Balaban J connectivity index is 1.72. The summed E-state index contributed by atoms with van der Waals surface area (Å²) in [6, 6.07) is 20.0. The number of carbonyl (C=O) groups is 2. The molecule has 1 aliphatic heterocycles. The standard InChI is InChI=1S/C26H33NO4S/c1-4-22(25(28)27-23(19(2)3)18-31-26(27)29)24(32-21-13-9-6-10-14-21)15-16-30-17-20-11-7-5-8-12-20/h5-14,19,22-24H,4,15-18H2,1-3H3/t22-,23+,24+/m0/s1. The van der Waals surface area contributed by atoms with Crippen LogP contribution >= 0.6 is 11.8 Å². The summed E-state index contributed by atoms with van der Waals surface area (Å²) in [7, 11) is 0. The maximum atomic E-state index is 13.6. The van der Waals surface area contributed by atoms with Crippen molar-refractivity contribution < 1.29 is 19.1 Å². The van der Waals surface area contributed by atoms with E-state index in [0.717, 1.165) is 10.5 Å². The molecule has 0 radical (unpaired) electrons. The lowest BCUT2D eigenvalue weighted by atomic mass is 9.96. The second kappa shape index (κ2) is 12.1. The Kier molecular flexibility index (Phi) is 9.18. The van der Waals surface area contributed by atoms with E-state index in [1.165, 1.54) is 4.90 Å². The van der Waals surface area contributed by atoms with Crippen LogP contribution in [-0.2, 0) is 20.9 Å². The highest BCUT2D eigenvalue weighted by Crippen LogP contribution is 2.35. The van der Waals surface area contributed by atoms with Crippen LogP contribution in [0.2, 0.25) is 0 Å². The molecule has 0 aliphatic carbocycles. The molecule has 1 fully saturated rings. The van der Waals surface area contributed by atoms with Crippen molar-refractivity contribution in [2.75, 3.05) is 13.2 Å². The lowest BCUT2D eigenvalue weighted by Crippen LogP contribution is -2.47. The maximum Gasteiger partial charge on any atom is 0.416 e. The molecule has 3 atom stereocenters. The molecule has 0 bridgehead atoms. The van der Waals surface area contributed by atoms with Crippen molar-refractivity contribution in [3.63, 3.8) is 0 Å². The monoisotopic (exact) mass is 455 g/mol. The van der Waals surface area contributed by atoms with E-state index < -0.39 is 6.09 Å². The van der Waals surface area contributed by atoms with Gasteiger partial charge in [-0.2, -0.15) is 0 Å². The van der Waals surface area contributed by atoms with Crippen molar-refractivity contribution in [2.45, 2.75) is 56.4 Å². The van der Waals surface area contributed by atoms with Crippen LogP contribution in [0, 0.1) is 11.8 Å². The van der Waals surface area contributed by atoms with E-state index in [9.17, 15) is 9.59 Å². The minimum atomic E-state index is -0.518. The summed E-state index contributed by atoms with van der Waals surface area (Å²) in [6.45, 7) is 7.40. The zero-order valence-corrected chi connectivity index (χ0v) is 19.9. The maximum absolute atomic E-state index is 13.6. The molecule has 3 rings (SSSR count). The van der Waals surface area contributed by atoms with Gasteiger partial charge in [-0.15, -0.1) is 11.8 Å². The SMILES string of the molecule is CC[C@H](C(=O)N1C(=O)OC[C@@H]1C(C)C)[C@@H](CCOCc1ccccc1)Sc1ccccc1. The molecule has 1 heterocycles. The highest BCUT2D eigenvalue weighted by atomic mass is 32.2. The quantitative estimate of drug-likeness (QED) is 0.317. The zero-order chi connectivity index (χ0) is 22.9. The molecule has 1 saturated heterocycles. The minimum Gasteiger partial charge on any atom is -0.447 e. The summed E-state index contributed by atoms with van der Waals surface area (Å²) in [5, 5.41) is -0.00751. The lowest BCUT2D eigenvalue weighted by Gasteiger charge is -2.30. The van der Waals surface area contributed by atoms with Gasteiger partial charge in [0.25, 0.3) is 0 Å². The average molecular weight is 456 g/mol. The molecule has 2 amide bonds. The van der Waals surface area contributed by atoms with E-state index in [2.05, 4.69) is 12.1 Å². The van der Waals surface area contributed by atoms with Crippen molar-refractivity contribution in [3.8, 4) is 0 Å². The number of ether oxygens (including phenoxy) is 2. The fraction of sp³-hybridized carbons (Fsp3) is 0.462. The third kappa shape index (κ3) is 6.36. The largest absolute Gasteiger partial charge is 0.447 e. The van der Waals surface area contributed by atoms with Gasteiger partial charge in [0.1, 0.15) is 6.61 Å². The van der Waals surface area contributed by atoms with E-state index >= 15 is 0 Å². The molecule has 0 spiro atoms. The van der Waals surface area contributed by atoms with Crippen molar-refractivity contribution in [3.05, 3.63) is 66.2 Å². The Labute approximate surface area is 195 Å². The van der Waals surface area contributed by atoms with Crippen molar-refractivity contribution >= 4 is 23.8 Å². The summed E-state index contributed by atoms with van der Waals surface area (Å²) in [4.78, 5) is 28.4. The summed E-state index contributed by atoms with van der Waals surface area (Å²) in [5.41, 5.74) is 1.13. The lowest BCUT2D eigenvalue weighted by molar-refractivity contribution is -0.134. The Morgan fingerprint density at radius 2 is 1.78 bits per heavy atom. The van der Waals surface area contributed by atoms with Gasteiger partial charge in [-0.1, -0.05) is 69.3 Å². The number of cyclic esters (lactones) is 1. The van der Waals surface area contributed by atoms with Gasteiger partial charge < -0.3 is 9.47 Å². The first-order valence-electron chi connectivity index (χ1n) is 11.3. The summed E-state index contributed by atoms with van der Waals surface area (Å²) in [6.07, 6.45) is 0.846. The summed E-state index contributed by atoms with van der Waals surface area (Å²) >= 11 is 1.69. The van der Waals surface area contributed by atoms with Gasteiger partial charge >= 0.3 is 6.09 Å². The summed E-state index contributed by atoms with van der Waals surface area (Å²) < 4.78 is 11.2. The topological polar surface area (TPSA) is 55.8 Å². The zero-order valence-electron chi connectivity index (χ0n) is 19.1. The van der Waals surface area contributed by atoms with Gasteiger partial charge in [0.15, 0.2) is 0 Å². The van der Waals surface area contributed by atoms with Gasteiger partial charge in [0, 0.05) is 16.8 Å². The molecule has 32 heavy (non-hydrogen) atoms. The van der Waals surface area contributed by atoms with E-state index in [1.54, 1.807) is 11.8 Å². The second-order valence-corrected chi connectivity index (χ2v) is 9.72. The second-order valence-electron chi connectivity index (χ2n) is 8.41. The molecule has 5 nitrogen and oxygen atoms in total.